The number of benzene rings is 4. The van der Waals surface area contributed by atoms with E-state index in [4.69, 9.17) is 0 Å². The molecule has 0 bridgehead atoms. The summed E-state index contributed by atoms with van der Waals surface area (Å²) < 4.78 is 0. The first-order valence-electron chi connectivity index (χ1n) is 10.1. The summed E-state index contributed by atoms with van der Waals surface area (Å²) in [4.78, 5) is 15.0. The van der Waals surface area contributed by atoms with Gasteiger partial charge in [0.15, 0.2) is 0 Å². The molecule has 4 heteroatoms. The van der Waals surface area contributed by atoms with E-state index in [1.807, 2.05) is 30.3 Å². The molecule has 4 aromatic carbocycles. The molecule has 0 atom stereocenters. The van der Waals surface area contributed by atoms with Gasteiger partial charge in [0.05, 0.1) is 5.69 Å². The molecule has 0 fully saturated rings. The minimum absolute atomic E-state index is 0.573. The molecule has 0 aliphatic carbocycles. The average Bonchev–Trinajstić information content (AvgIpc) is 2.86. The molecule has 5 rings (SSSR count). The molecule has 1 aromatic heterocycles. The van der Waals surface area contributed by atoms with Gasteiger partial charge < -0.3 is 0 Å². The maximum Gasteiger partial charge on any atom is 0.237 e. The van der Waals surface area contributed by atoms with Crippen LogP contribution in [0.15, 0.2) is 122 Å². The Labute approximate surface area is 181 Å². The largest absolute Gasteiger partial charge is 0.278 e. The summed E-state index contributed by atoms with van der Waals surface area (Å²) in [6, 6.07) is 37.4. The van der Waals surface area contributed by atoms with Crippen LogP contribution >= 0.6 is 0 Å². The quantitative estimate of drug-likeness (QED) is 0.330. The topological polar surface area (TPSA) is 41.9 Å². The maximum atomic E-state index is 4.47. The van der Waals surface area contributed by atoms with Crippen molar-refractivity contribution in [2.45, 2.75) is 0 Å². The molecule has 0 saturated heterocycles. The van der Waals surface area contributed by atoms with Crippen LogP contribution in [0.25, 0.3) is 22.3 Å². The fourth-order valence-electron chi connectivity index (χ4n) is 3.78. The normalized spacial score (nSPS) is 10.6. The van der Waals surface area contributed by atoms with Gasteiger partial charge in [-0.15, -0.1) is 0 Å². The number of nitrogens with zero attached hydrogens (tertiary/aromatic N) is 4. The Kier molecular flexibility index (Phi) is 5.18. The first-order valence-corrected chi connectivity index (χ1v) is 10.1. The zero-order valence-corrected chi connectivity index (χ0v) is 16.8. The lowest BCUT2D eigenvalue weighted by Crippen LogP contribution is -2.14. The second-order valence-electron chi connectivity index (χ2n) is 7.04. The second kappa shape index (κ2) is 8.59. The van der Waals surface area contributed by atoms with Crippen molar-refractivity contribution in [2.24, 2.45) is 0 Å². The highest BCUT2D eigenvalue weighted by molar-refractivity contribution is 5.95. The zero-order valence-electron chi connectivity index (χ0n) is 16.8. The van der Waals surface area contributed by atoms with Gasteiger partial charge in [0.1, 0.15) is 12.7 Å². The third kappa shape index (κ3) is 3.79. The Balaban J connectivity index is 1.82. The lowest BCUT2D eigenvalue weighted by Gasteiger charge is -2.27. The molecule has 0 unspecified atom stereocenters. The molecule has 0 amide bonds. The summed E-state index contributed by atoms with van der Waals surface area (Å²) in [5, 5.41) is 0. The number of hydrogen-bond acceptors (Lipinski definition) is 4. The minimum Gasteiger partial charge on any atom is -0.278 e. The van der Waals surface area contributed by atoms with E-state index < -0.39 is 0 Å². The molecule has 0 radical (unpaired) electrons. The molecule has 0 spiro atoms. The van der Waals surface area contributed by atoms with E-state index in [-0.39, 0.29) is 0 Å². The first-order chi connectivity index (χ1) is 15.4. The molecule has 0 N–H and O–H groups in total. The fraction of sp³-hybridized carbons (Fsp3) is 0. The molecule has 31 heavy (non-hydrogen) atoms. The fourth-order valence-corrected chi connectivity index (χ4v) is 3.78. The van der Waals surface area contributed by atoms with Gasteiger partial charge in [-0.2, -0.15) is 0 Å². The highest BCUT2D eigenvalue weighted by Gasteiger charge is 2.21. The van der Waals surface area contributed by atoms with Crippen molar-refractivity contribution < 1.29 is 0 Å². The van der Waals surface area contributed by atoms with E-state index in [1.165, 1.54) is 12.7 Å². The van der Waals surface area contributed by atoms with Crippen molar-refractivity contribution in [1.29, 1.82) is 0 Å². The van der Waals surface area contributed by atoms with Crippen molar-refractivity contribution in [1.82, 2.24) is 15.0 Å². The summed E-state index contributed by atoms with van der Waals surface area (Å²) in [6.07, 6.45) is 3.06. The van der Waals surface area contributed by atoms with Crippen molar-refractivity contribution >= 4 is 17.3 Å². The highest BCUT2D eigenvalue weighted by Crippen LogP contribution is 2.44. The number of anilines is 3. The Bertz CT molecular complexity index is 1220. The van der Waals surface area contributed by atoms with Gasteiger partial charge in [-0.05, 0) is 34.9 Å². The van der Waals surface area contributed by atoms with Crippen molar-refractivity contribution in [3.8, 4) is 22.3 Å². The van der Waals surface area contributed by atoms with Gasteiger partial charge in [-0.1, -0.05) is 91.0 Å². The summed E-state index contributed by atoms with van der Waals surface area (Å²) in [5.74, 6) is 0.573. The molecule has 0 aliphatic heterocycles. The summed E-state index contributed by atoms with van der Waals surface area (Å²) >= 11 is 0. The standard InChI is InChI=1S/C27H20N4/c1-4-11-21(12-5-1)24-17-10-18-25(26(24)22-13-6-2-7-14-22)31(23-15-8-3-9-16-23)27-29-19-28-20-30-27/h1-20H. The van der Waals surface area contributed by atoms with Crippen LogP contribution in [-0.2, 0) is 0 Å². The minimum atomic E-state index is 0.573. The average molecular weight is 400 g/mol. The Morgan fingerprint density at radius 1 is 0.516 bits per heavy atom. The van der Waals surface area contributed by atoms with Crippen LogP contribution < -0.4 is 4.90 Å². The van der Waals surface area contributed by atoms with E-state index in [1.54, 1.807) is 0 Å². The highest BCUT2D eigenvalue weighted by atomic mass is 15.3. The molecule has 4 nitrogen and oxygen atoms in total. The molecule has 0 saturated carbocycles. The van der Waals surface area contributed by atoms with Crippen LogP contribution in [0.5, 0.6) is 0 Å². The summed E-state index contributed by atoms with van der Waals surface area (Å²) in [7, 11) is 0. The van der Waals surface area contributed by atoms with Crippen LogP contribution in [0.1, 0.15) is 0 Å². The van der Waals surface area contributed by atoms with Gasteiger partial charge in [0, 0.05) is 11.3 Å². The Morgan fingerprint density at radius 3 is 1.74 bits per heavy atom. The van der Waals surface area contributed by atoms with E-state index in [0.29, 0.717) is 5.95 Å². The Morgan fingerprint density at radius 2 is 1.10 bits per heavy atom. The van der Waals surface area contributed by atoms with Gasteiger partial charge in [0.2, 0.25) is 5.95 Å². The second-order valence-corrected chi connectivity index (χ2v) is 7.04. The van der Waals surface area contributed by atoms with E-state index in [2.05, 4.69) is 98.7 Å². The summed E-state index contributed by atoms with van der Waals surface area (Å²) in [5.41, 5.74) is 6.55. The predicted molar refractivity (Wildman–Crippen MR) is 125 cm³/mol. The van der Waals surface area contributed by atoms with Gasteiger partial charge in [0.25, 0.3) is 0 Å². The molecular formula is C27H20N4. The van der Waals surface area contributed by atoms with E-state index >= 15 is 0 Å². The van der Waals surface area contributed by atoms with Crippen LogP contribution in [0.2, 0.25) is 0 Å². The first kappa shape index (κ1) is 18.7. The van der Waals surface area contributed by atoms with Crippen LogP contribution in [0, 0.1) is 0 Å². The van der Waals surface area contributed by atoms with Crippen LogP contribution in [0.3, 0.4) is 0 Å². The van der Waals surface area contributed by atoms with Crippen molar-refractivity contribution in [3.63, 3.8) is 0 Å². The van der Waals surface area contributed by atoms with E-state index in [0.717, 1.165) is 33.6 Å². The monoisotopic (exact) mass is 400 g/mol. The number of hydrogen-bond donors (Lipinski definition) is 0. The molecule has 5 aromatic rings. The lowest BCUT2D eigenvalue weighted by atomic mass is 9.92. The third-order valence-electron chi connectivity index (χ3n) is 5.12. The molecule has 1 heterocycles. The maximum absolute atomic E-state index is 4.47. The summed E-state index contributed by atoms with van der Waals surface area (Å²) in [6.45, 7) is 0. The SMILES string of the molecule is c1ccc(-c2cccc(N(c3ccccc3)c3ncncn3)c2-c2ccccc2)cc1. The zero-order chi connectivity index (χ0) is 20.9. The lowest BCUT2D eigenvalue weighted by molar-refractivity contribution is 1.01. The van der Waals surface area contributed by atoms with Crippen LogP contribution in [-0.4, -0.2) is 15.0 Å². The van der Waals surface area contributed by atoms with Gasteiger partial charge in [-0.3, -0.25) is 4.90 Å². The van der Waals surface area contributed by atoms with Gasteiger partial charge >= 0.3 is 0 Å². The number of para-hydroxylation sites is 1. The smallest absolute Gasteiger partial charge is 0.237 e. The third-order valence-corrected chi connectivity index (χ3v) is 5.12. The molecule has 148 valence electrons. The number of aromatic nitrogens is 3. The van der Waals surface area contributed by atoms with Gasteiger partial charge in [-0.25, -0.2) is 15.0 Å². The van der Waals surface area contributed by atoms with Crippen LogP contribution in [0.4, 0.5) is 17.3 Å². The van der Waals surface area contributed by atoms with Crippen molar-refractivity contribution in [2.75, 3.05) is 4.90 Å². The van der Waals surface area contributed by atoms with E-state index in [9.17, 15) is 0 Å². The predicted octanol–water partition coefficient (Wildman–Crippen LogP) is 6.68. The number of rotatable bonds is 5. The molecule has 0 aliphatic rings. The Hall–Kier alpha value is -4.31. The van der Waals surface area contributed by atoms with Crippen molar-refractivity contribution in [3.05, 3.63) is 122 Å². The molecular weight excluding hydrogens is 380 g/mol.